The Bertz CT molecular complexity index is 1510. The molecule has 0 radical (unpaired) electrons. The lowest BCUT2D eigenvalue weighted by Crippen LogP contribution is -2.44. The van der Waals surface area contributed by atoms with Crippen LogP contribution in [-0.4, -0.2) is 59.1 Å². The molecule has 1 heterocycles. The number of rotatable bonds is 9. The molecule has 3 aromatic rings. The average Bonchev–Trinajstić information content (AvgIpc) is 3.20. The second-order valence-electron chi connectivity index (χ2n) is 8.29. The Hall–Kier alpha value is -5.39. The molecule has 3 aromatic carbocycles. The number of carbonyl (C=O) groups is 5. The fourth-order valence-electron chi connectivity index (χ4n) is 3.86. The van der Waals surface area contributed by atoms with Gasteiger partial charge in [0.05, 0.1) is 23.2 Å². The third-order valence-corrected chi connectivity index (χ3v) is 5.89. The number of benzene rings is 3. The lowest BCUT2D eigenvalue weighted by Gasteiger charge is -2.20. The highest BCUT2D eigenvalue weighted by Gasteiger charge is 2.45. The predicted octanol–water partition coefficient (Wildman–Crippen LogP) is 3.23. The van der Waals surface area contributed by atoms with Gasteiger partial charge in [0, 0.05) is 11.6 Å². The zero-order valence-electron chi connectivity index (χ0n) is 20.6. The summed E-state index contributed by atoms with van der Waals surface area (Å²) in [4.78, 5) is 73.9. The van der Waals surface area contributed by atoms with Crippen LogP contribution in [0.1, 0.15) is 48.4 Å². The van der Waals surface area contributed by atoms with Crippen LogP contribution < -0.4 is 9.47 Å². The van der Waals surface area contributed by atoms with E-state index in [4.69, 9.17) is 14.2 Å². The van der Waals surface area contributed by atoms with E-state index in [2.05, 4.69) is 0 Å². The first-order valence-electron chi connectivity index (χ1n) is 11.4. The predicted molar refractivity (Wildman–Crippen MR) is 133 cm³/mol. The topological polar surface area (TPSA) is 159 Å². The molecule has 12 nitrogen and oxygen atoms in total. The van der Waals surface area contributed by atoms with E-state index in [0.717, 1.165) is 6.07 Å². The molecule has 12 heteroatoms. The number of methoxy groups -OCH3 is 1. The van der Waals surface area contributed by atoms with E-state index in [1.165, 1.54) is 56.5 Å². The van der Waals surface area contributed by atoms with Crippen LogP contribution in [0.3, 0.4) is 0 Å². The quantitative estimate of drug-likeness (QED) is 0.0999. The minimum absolute atomic E-state index is 0.146. The molecule has 1 aliphatic rings. The molecule has 4 rings (SSSR count). The van der Waals surface area contributed by atoms with Crippen molar-refractivity contribution in [3.63, 3.8) is 0 Å². The van der Waals surface area contributed by atoms with Crippen molar-refractivity contribution in [3.8, 4) is 11.5 Å². The van der Waals surface area contributed by atoms with Crippen LogP contribution >= 0.6 is 0 Å². The molecule has 2 amide bonds. The number of imide groups is 1. The van der Waals surface area contributed by atoms with Gasteiger partial charge in [0.25, 0.3) is 17.5 Å². The Labute approximate surface area is 220 Å². The summed E-state index contributed by atoms with van der Waals surface area (Å²) in [5, 5.41) is 11.3. The van der Waals surface area contributed by atoms with Crippen LogP contribution in [0.2, 0.25) is 0 Å². The highest BCUT2D eigenvalue weighted by Crippen LogP contribution is 2.32. The molecule has 0 aromatic heterocycles. The first-order valence-corrected chi connectivity index (χ1v) is 11.4. The number of ketones is 1. The Balaban J connectivity index is 1.36. The summed E-state index contributed by atoms with van der Waals surface area (Å²) in [6, 6.07) is 14.1. The Morgan fingerprint density at radius 3 is 2.28 bits per heavy atom. The second kappa shape index (κ2) is 10.9. The van der Waals surface area contributed by atoms with E-state index in [9.17, 15) is 34.1 Å². The van der Waals surface area contributed by atoms with E-state index in [1.807, 2.05) is 0 Å². The maximum absolute atomic E-state index is 12.8. The minimum Gasteiger partial charge on any atom is -0.497 e. The summed E-state index contributed by atoms with van der Waals surface area (Å²) in [6.07, 6.45) is 0. The maximum atomic E-state index is 12.8. The molecule has 0 fully saturated rings. The molecular weight excluding hydrogens is 512 g/mol. The van der Waals surface area contributed by atoms with Crippen LogP contribution in [0, 0.1) is 10.1 Å². The zero-order valence-corrected chi connectivity index (χ0v) is 20.6. The third-order valence-electron chi connectivity index (χ3n) is 5.89. The van der Waals surface area contributed by atoms with Gasteiger partial charge in [-0.05, 0) is 55.5 Å². The minimum atomic E-state index is -1.44. The molecule has 0 saturated heterocycles. The number of hydrogen-bond donors (Lipinski definition) is 0. The molecule has 1 atom stereocenters. The molecule has 1 aliphatic heterocycles. The second-order valence-corrected chi connectivity index (χ2v) is 8.29. The Morgan fingerprint density at radius 1 is 0.923 bits per heavy atom. The van der Waals surface area contributed by atoms with E-state index < -0.39 is 58.4 Å². The molecular formula is C27H20N2O10. The van der Waals surface area contributed by atoms with Crippen LogP contribution in [0.4, 0.5) is 5.69 Å². The lowest BCUT2D eigenvalue weighted by atomic mass is 10.1. The molecule has 1 unspecified atom stereocenters. The Morgan fingerprint density at radius 2 is 1.62 bits per heavy atom. The molecule has 0 saturated carbocycles. The number of fused-ring (bicyclic) bond motifs is 1. The maximum Gasteiger partial charge on any atom is 0.343 e. The van der Waals surface area contributed by atoms with E-state index in [-0.39, 0.29) is 22.4 Å². The largest absolute Gasteiger partial charge is 0.497 e. The summed E-state index contributed by atoms with van der Waals surface area (Å²) in [5.74, 6) is -3.51. The van der Waals surface area contributed by atoms with Gasteiger partial charge in [-0.1, -0.05) is 12.1 Å². The van der Waals surface area contributed by atoms with E-state index >= 15 is 0 Å². The number of amides is 2. The number of nitrogens with zero attached hydrogens (tertiary/aromatic N) is 2. The number of esters is 2. The highest BCUT2D eigenvalue weighted by molar-refractivity contribution is 6.24. The number of Topliss-reactive ketones (excluding diaryl/α,β-unsaturated/α-hetero) is 1. The molecule has 0 bridgehead atoms. The average molecular weight is 532 g/mol. The zero-order chi connectivity index (χ0) is 28.3. The van der Waals surface area contributed by atoms with Crippen molar-refractivity contribution in [1.82, 2.24) is 4.90 Å². The molecule has 39 heavy (non-hydrogen) atoms. The third kappa shape index (κ3) is 5.34. The van der Waals surface area contributed by atoms with Gasteiger partial charge in [0.2, 0.25) is 0 Å². The highest BCUT2D eigenvalue weighted by atomic mass is 16.6. The van der Waals surface area contributed by atoms with Crippen molar-refractivity contribution in [2.75, 3.05) is 13.7 Å². The SMILES string of the molecule is COc1cccc(C(=O)Oc2ccc(C(=O)COC(=O)C(C)N3C(=O)c4cccc([N+](=O)[O-])c4C3=O)cc2)c1. The number of carbonyl (C=O) groups excluding carboxylic acids is 5. The van der Waals surface area contributed by atoms with E-state index in [0.29, 0.717) is 10.6 Å². The molecule has 0 N–H and O–H groups in total. The summed E-state index contributed by atoms with van der Waals surface area (Å²) >= 11 is 0. The van der Waals surface area contributed by atoms with Gasteiger partial charge < -0.3 is 14.2 Å². The van der Waals surface area contributed by atoms with Crippen LogP contribution in [0.15, 0.2) is 66.7 Å². The summed E-state index contributed by atoms with van der Waals surface area (Å²) in [5.41, 5.74) is -0.745. The van der Waals surface area contributed by atoms with E-state index in [1.54, 1.807) is 18.2 Å². The van der Waals surface area contributed by atoms with Gasteiger partial charge in [-0.15, -0.1) is 0 Å². The van der Waals surface area contributed by atoms with Gasteiger partial charge in [-0.25, -0.2) is 9.59 Å². The van der Waals surface area contributed by atoms with Crippen molar-refractivity contribution in [2.24, 2.45) is 0 Å². The van der Waals surface area contributed by atoms with Crippen LogP contribution in [0.25, 0.3) is 0 Å². The Kier molecular flexibility index (Phi) is 7.47. The van der Waals surface area contributed by atoms with Gasteiger partial charge >= 0.3 is 11.9 Å². The molecule has 198 valence electrons. The fraction of sp³-hybridized carbons (Fsp3) is 0.148. The smallest absolute Gasteiger partial charge is 0.343 e. The van der Waals surface area contributed by atoms with Crippen LogP contribution in [0.5, 0.6) is 11.5 Å². The molecule has 0 spiro atoms. The van der Waals surface area contributed by atoms with Crippen molar-refractivity contribution in [2.45, 2.75) is 13.0 Å². The van der Waals surface area contributed by atoms with Crippen molar-refractivity contribution < 1.29 is 43.1 Å². The first kappa shape index (κ1) is 26.7. The van der Waals surface area contributed by atoms with Gasteiger partial charge in [-0.2, -0.15) is 0 Å². The summed E-state index contributed by atoms with van der Waals surface area (Å²) in [7, 11) is 1.47. The lowest BCUT2D eigenvalue weighted by molar-refractivity contribution is -0.385. The number of hydrogen-bond acceptors (Lipinski definition) is 10. The molecule has 0 aliphatic carbocycles. The normalized spacial score (nSPS) is 12.9. The number of ether oxygens (including phenoxy) is 3. The van der Waals surface area contributed by atoms with Crippen molar-refractivity contribution >= 4 is 35.2 Å². The number of nitro benzene ring substituents is 1. The van der Waals surface area contributed by atoms with Gasteiger partial charge in [0.15, 0.2) is 12.4 Å². The number of nitro groups is 1. The van der Waals surface area contributed by atoms with Crippen molar-refractivity contribution in [3.05, 3.63) is 99.1 Å². The van der Waals surface area contributed by atoms with Crippen molar-refractivity contribution in [1.29, 1.82) is 0 Å². The monoisotopic (exact) mass is 532 g/mol. The van der Waals surface area contributed by atoms with Crippen LogP contribution in [-0.2, 0) is 9.53 Å². The van der Waals surface area contributed by atoms with Gasteiger partial charge in [-0.3, -0.25) is 29.4 Å². The summed E-state index contributed by atoms with van der Waals surface area (Å²) < 4.78 is 15.4. The fourth-order valence-corrected chi connectivity index (χ4v) is 3.86. The summed E-state index contributed by atoms with van der Waals surface area (Å²) in [6.45, 7) is 0.515. The van der Waals surface area contributed by atoms with Gasteiger partial charge in [0.1, 0.15) is 23.1 Å². The first-order chi connectivity index (χ1) is 18.6. The standard InChI is InChI=1S/C27H20N2O10/c1-15(28-24(31)20-7-4-8-21(29(35)36)23(20)25(28)32)26(33)38-14-22(30)16-9-11-18(12-10-16)39-27(34)17-5-3-6-19(13-17)37-2/h3-13,15H,14H2,1-2H3.